The minimum absolute atomic E-state index is 0. The second-order valence-electron chi connectivity index (χ2n) is 5.35. The molecule has 0 bridgehead atoms. The molecule has 0 amide bonds. The van der Waals surface area contributed by atoms with Gasteiger partial charge in [-0.3, -0.25) is 0 Å². The predicted octanol–water partition coefficient (Wildman–Crippen LogP) is -0.307. The van der Waals surface area contributed by atoms with Crippen molar-refractivity contribution in [2.24, 2.45) is 0 Å². The third kappa shape index (κ3) is 3.58. The molecule has 0 unspecified atom stereocenters. The van der Waals surface area contributed by atoms with Crippen LogP contribution in [0.2, 0.25) is 0 Å². The molecular weight excluding hydrogens is 402 g/mol. The quantitative estimate of drug-likeness (QED) is 0.373. The number of benzene rings is 3. The van der Waals surface area contributed by atoms with E-state index in [1.54, 1.807) is 0 Å². The van der Waals surface area contributed by atoms with Gasteiger partial charge in [0.25, 0.3) is 0 Å². The first-order valence-corrected chi connectivity index (χ1v) is 6.97. The van der Waals surface area contributed by atoms with Gasteiger partial charge >= 0.3 is 26.2 Å². The van der Waals surface area contributed by atoms with Gasteiger partial charge in [-0.2, -0.15) is 0 Å². The van der Waals surface area contributed by atoms with Crippen LogP contribution in [-0.2, 0) is 26.2 Å². The fraction of sp³-hybridized carbons (Fsp3) is 0.0500. The molecule has 0 heterocycles. The summed E-state index contributed by atoms with van der Waals surface area (Å²) < 4.78 is 0. The van der Waals surface area contributed by atoms with Crippen molar-refractivity contribution in [2.45, 2.75) is 6.92 Å². The van der Waals surface area contributed by atoms with Crippen LogP contribution in [0, 0.1) is 6.92 Å². The van der Waals surface area contributed by atoms with Gasteiger partial charge in [-0.15, -0.1) is 34.5 Å². The van der Waals surface area contributed by atoms with Crippen LogP contribution in [0.5, 0.6) is 0 Å². The Morgan fingerprint density at radius 1 is 0.739 bits per heavy atom. The van der Waals surface area contributed by atoms with E-state index in [2.05, 4.69) is 79.7 Å². The third-order valence-corrected chi connectivity index (χ3v) is 4.07. The second-order valence-corrected chi connectivity index (χ2v) is 5.35. The van der Waals surface area contributed by atoms with Gasteiger partial charge < -0.3 is 24.8 Å². The number of halogens is 2. The first-order valence-electron chi connectivity index (χ1n) is 6.97. The number of rotatable bonds is 1. The molecule has 3 heteroatoms. The summed E-state index contributed by atoms with van der Waals surface area (Å²) in [4.78, 5) is 0. The smallest absolute Gasteiger partial charge is 1.00 e. The van der Waals surface area contributed by atoms with Gasteiger partial charge in [-0.05, 0) is 23.3 Å². The number of aryl methyl sites for hydroxylation is 1. The number of hydrogen-bond donors (Lipinski definition) is 0. The Hall–Kier alpha value is -1.01. The van der Waals surface area contributed by atoms with Crippen LogP contribution >= 0.6 is 0 Å². The Labute approximate surface area is 168 Å². The molecule has 113 valence electrons. The van der Waals surface area contributed by atoms with Crippen molar-refractivity contribution in [3.05, 3.63) is 78.4 Å². The van der Waals surface area contributed by atoms with Crippen molar-refractivity contribution in [1.29, 1.82) is 0 Å². The van der Waals surface area contributed by atoms with Crippen molar-refractivity contribution in [3.63, 3.8) is 0 Å². The van der Waals surface area contributed by atoms with Gasteiger partial charge in [0.05, 0.1) is 0 Å². The molecule has 4 aromatic carbocycles. The van der Waals surface area contributed by atoms with Crippen molar-refractivity contribution in [2.75, 3.05) is 0 Å². The van der Waals surface area contributed by atoms with Crippen molar-refractivity contribution >= 4 is 21.5 Å². The molecule has 0 spiro atoms. The van der Waals surface area contributed by atoms with Gasteiger partial charge in [0, 0.05) is 0 Å². The Morgan fingerprint density at radius 3 is 2.13 bits per heavy atom. The Bertz CT molecular complexity index is 892. The molecule has 4 aromatic rings. The average molecular weight is 417 g/mol. The summed E-state index contributed by atoms with van der Waals surface area (Å²) in [6, 6.07) is 26.2. The standard InChI is InChI=1S/C20H15.2ClH.Zr/c1-14-10-11-19(20-9-5-4-8-18(14)20)17-12-15-6-2-3-7-16(15)13-17;;;/h2-13H,1H3;2*1H;/q-1;;;+3/p-2. The zero-order chi connectivity index (χ0) is 13.5. The molecule has 0 aromatic heterocycles. The van der Waals surface area contributed by atoms with Crippen molar-refractivity contribution < 1.29 is 51.0 Å². The van der Waals surface area contributed by atoms with E-state index in [1.807, 2.05) is 0 Å². The largest absolute Gasteiger partial charge is 3.00 e. The van der Waals surface area contributed by atoms with E-state index in [4.69, 9.17) is 0 Å². The van der Waals surface area contributed by atoms with Gasteiger partial charge in [0.1, 0.15) is 0 Å². The molecule has 0 nitrogen and oxygen atoms in total. The molecule has 23 heavy (non-hydrogen) atoms. The van der Waals surface area contributed by atoms with Gasteiger partial charge in [0.15, 0.2) is 0 Å². The SMILES string of the molecule is Cc1ccc(-c2cc3ccccc3[cH-]2)c2ccccc12.[Cl-].[Cl-].[Zr+3]. The molecular formula is C20H15Cl2Zr. The van der Waals surface area contributed by atoms with Crippen LogP contribution < -0.4 is 24.8 Å². The second kappa shape index (κ2) is 8.20. The molecule has 0 atom stereocenters. The molecule has 0 aliphatic carbocycles. The first kappa shape index (κ1) is 20.0. The van der Waals surface area contributed by atoms with Gasteiger partial charge in [-0.1, -0.05) is 60.2 Å². The van der Waals surface area contributed by atoms with Crippen LogP contribution in [0.4, 0.5) is 0 Å². The molecule has 0 fully saturated rings. The van der Waals surface area contributed by atoms with E-state index in [9.17, 15) is 0 Å². The summed E-state index contributed by atoms with van der Waals surface area (Å²) in [5, 5.41) is 5.30. The van der Waals surface area contributed by atoms with E-state index < -0.39 is 0 Å². The fourth-order valence-electron chi connectivity index (χ4n) is 3.01. The van der Waals surface area contributed by atoms with E-state index in [1.165, 1.54) is 38.2 Å². The Morgan fingerprint density at radius 2 is 1.39 bits per heavy atom. The summed E-state index contributed by atoms with van der Waals surface area (Å²) in [5.41, 5.74) is 3.96. The molecule has 4 rings (SSSR count). The average Bonchev–Trinajstić information content (AvgIpc) is 2.91. The molecule has 0 saturated carbocycles. The Balaban J connectivity index is 0.000000882. The van der Waals surface area contributed by atoms with Crippen molar-refractivity contribution in [3.8, 4) is 11.1 Å². The monoisotopic (exact) mass is 415 g/mol. The zero-order valence-corrected chi connectivity index (χ0v) is 16.7. The van der Waals surface area contributed by atoms with E-state index in [-0.39, 0.29) is 51.0 Å². The predicted molar refractivity (Wildman–Crippen MR) is 87.2 cm³/mol. The summed E-state index contributed by atoms with van der Waals surface area (Å²) in [6.45, 7) is 2.17. The van der Waals surface area contributed by atoms with Crippen LogP contribution in [0.15, 0.2) is 72.8 Å². The fourth-order valence-corrected chi connectivity index (χ4v) is 3.01. The molecule has 0 saturated heterocycles. The summed E-state index contributed by atoms with van der Waals surface area (Å²) in [6.07, 6.45) is 0. The number of fused-ring (bicyclic) bond motifs is 2. The summed E-state index contributed by atoms with van der Waals surface area (Å²) in [7, 11) is 0. The van der Waals surface area contributed by atoms with E-state index in [0.29, 0.717) is 0 Å². The summed E-state index contributed by atoms with van der Waals surface area (Å²) in [5.74, 6) is 0. The zero-order valence-electron chi connectivity index (χ0n) is 12.7. The molecule has 1 radical (unpaired) electrons. The maximum Gasteiger partial charge on any atom is 3.00 e. The Kier molecular flexibility index (Phi) is 7.14. The number of hydrogen-bond acceptors (Lipinski definition) is 0. The minimum atomic E-state index is 0. The molecule has 0 aliphatic heterocycles. The summed E-state index contributed by atoms with van der Waals surface area (Å²) >= 11 is 0. The molecule has 0 aliphatic rings. The van der Waals surface area contributed by atoms with Gasteiger partial charge in [-0.25, -0.2) is 0 Å². The van der Waals surface area contributed by atoms with E-state index >= 15 is 0 Å². The third-order valence-electron chi connectivity index (χ3n) is 4.07. The van der Waals surface area contributed by atoms with Crippen LogP contribution in [0.1, 0.15) is 5.56 Å². The van der Waals surface area contributed by atoms with Crippen LogP contribution in [-0.4, -0.2) is 0 Å². The normalized spacial score (nSPS) is 9.78. The minimum Gasteiger partial charge on any atom is -1.00 e. The van der Waals surface area contributed by atoms with Gasteiger partial charge in [0.2, 0.25) is 0 Å². The molecule has 0 N–H and O–H groups in total. The maximum absolute atomic E-state index is 2.28. The van der Waals surface area contributed by atoms with Crippen LogP contribution in [0.3, 0.4) is 0 Å². The topological polar surface area (TPSA) is 0 Å². The first-order chi connectivity index (χ1) is 9.83. The van der Waals surface area contributed by atoms with Crippen LogP contribution in [0.25, 0.3) is 32.7 Å². The maximum atomic E-state index is 2.28. The van der Waals surface area contributed by atoms with Crippen molar-refractivity contribution in [1.82, 2.24) is 0 Å². The van der Waals surface area contributed by atoms with E-state index in [0.717, 1.165) is 0 Å².